The average molecular weight is 386 g/mol. The van der Waals surface area contributed by atoms with Gasteiger partial charge >= 0.3 is 0 Å². The van der Waals surface area contributed by atoms with Crippen LogP contribution in [-0.4, -0.2) is 29.0 Å². The first kappa shape index (κ1) is 19.4. The van der Waals surface area contributed by atoms with Crippen molar-refractivity contribution in [1.82, 2.24) is 15.5 Å². The maximum Gasteiger partial charge on any atom is 0.244 e. The Morgan fingerprint density at radius 1 is 1.21 bits per heavy atom. The summed E-state index contributed by atoms with van der Waals surface area (Å²) < 4.78 is 17.5. The van der Waals surface area contributed by atoms with Crippen molar-refractivity contribution in [2.24, 2.45) is 5.92 Å². The predicted molar refractivity (Wildman–Crippen MR) is 106 cm³/mol. The van der Waals surface area contributed by atoms with E-state index in [1.54, 1.807) is 0 Å². The van der Waals surface area contributed by atoms with Gasteiger partial charge in [0.15, 0.2) is 5.82 Å². The van der Waals surface area contributed by atoms with Gasteiger partial charge in [-0.25, -0.2) is 0 Å². The quantitative estimate of drug-likeness (QED) is 0.805. The molecule has 1 aromatic heterocycles. The summed E-state index contributed by atoms with van der Waals surface area (Å²) in [5.74, 6) is 3.15. The fourth-order valence-electron chi connectivity index (χ4n) is 4.15. The van der Waals surface area contributed by atoms with E-state index in [0.717, 1.165) is 44.1 Å². The Balaban J connectivity index is 1.54. The van der Waals surface area contributed by atoms with Crippen LogP contribution in [0.15, 0.2) is 22.7 Å². The Labute approximate surface area is 167 Å². The van der Waals surface area contributed by atoms with Crippen molar-refractivity contribution in [3.63, 3.8) is 0 Å². The van der Waals surface area contributed by atoms with E-state index in [0.29, 0.717) is 18.4 Å². The molecule has 0 aliphatic carbocycles. The summed E-state index contributed by atoms with van der Waals surface area (Å²) in [7, 11) is 0. The molecular formula is C22H31N3O3. The molecular weight excluding hydrogens is 354 g/mol. The van der Waals surface area contributed by atoms with E-state index in [-0.39, 0.29) is 17.6 Å². The van der Waals surface area contributed by atoms with Crippen LogP contribution < -0.4 is 10.1 Å². The van der Waals surface area contributed by atoms with E-state index in [2.05, 4.69) is 61.4 Å². The van der Waals surface area contributed by atoms with Gasteiger partial charge in [-0.05, 0) is 38.2 Å². The van der Waals surface area contributed by atoms with Gasteiger partial charge in [0, 0.05) is 37.7 Å². The smallest absolute Gasteiger partial charge is 0.244 e. The lowest BCUT2D eigenvalue weighted by molar-refractivity contribution is 0.0484. The first-order chi connectivity index (χ1) is 13.4. The molecule has 1 atom stereocenters. The third kappa shape index (κ3) is 4.08. The number of hydrogen-bond donors (Lipinski definition) is 1. The van der Waals surface area contributed by atoms with Gasteiger partial charge < -0.3 is 19.3 Å². The lowest BCUT2D eigenvalue weighted by atomic mass is 9.91. The van der Waals surface area contributed by atoms with Crippen molar-refractivity contribution in [2.45, 2.75) is 71.1 Å². The first-order valence-corrected chi connectivity index (χ1v) is 10.4. The van der Waals surface area contributed by atoms with Crippen LogP contribution in [0.2, 0.25) is 0 Å². The number of rotatable bonds is 6. The number of hydrogen-bond acceptors (Lipinski definition) is 6. The van der Waals surface area contributed by atoms with E-state index in [4.69, 9.17) is 14.0 Å². The Hall–Kier alpha value is -1.92. The van der Waals surface area contributed by atoms with Gasteiger partial charge in [-0.15, -0.1) is 0 Å². The maximum absolute atomic E-state index is 6.23. The maximum atomic E-state index is 6.23. The molecule has 2 aliphatic rings. The van der Waals surface area contributed by atoms with Crippen molar-refractivity contribution in [1.29, 1.82) is 0 Å². The van der Waals surface area contributed by atoms with E-state index in [9.17, 15) is 0 Å². The molecule has 1 unspecified atom stereocenters. The van der Waals surface area contributed by atoms with E-state index in [1.807, 2.05) is 0 Å². The minimum atomic E-state index is -0.142. The number of fused-ring (bicyclic) bond motifs is 1. The first-order valence-electron chi connectivity index (χ1n) is 10.4. The second-order valence-electron chi connectivity index (χ2n) is 8.90. The van der Waals surface area contributed by atoms with Crippen molar-refractivity contribution >= 4 is 0 Å². The van der Waals surface area contributed by atoms with Gasteiger partial charge in [0.05, 0.1) is 6.04 Å². The second-order valence-corrected chi connectivity index (χ2v) is 8.90. The molecule has 2 aromatic rings. The third-order valence-corrected chi connectivity index (χ3v) is 5.66. The highest BCUT2D eigenvalue weighted by Gasteiger charge is 2.33. The predicted octanol–water partition coefficient (Wildman–Crippen LogP) is 4.16. The Kier molecular flexibility index (Phi) is 5.43. The van der Waals surface area contributed by atoms with Crippen LogP contribution in [0.5, 0.6) is 5.75 Å². The van der Waals surface area contributed by atoms with Gasteiger partial charge in [0.25, 0.3) is 0 Å². The van der Waals surface area contributed by atoms with Gasteiger partial charge in [0.2, 0.25) is 5.89 Å². The van der Waals surface area contributed by atoms with Crippen molar-refractivity contribution < 1.29 is 14.0 Å². The van der Waals surface area contributed by atoms with Crippen LogP contribution in [0, 0.1) is 5.92 Å². The third-order valence-electron chi connectivity index (χ3n) is 5.66. The Morgan fingerprint density at radius 3 is 2.71 bits per heavy atom. The second kappa shape index (κ2) is 7.84. The summed E-state index contributed by atoms with van der Waals surface area (Å²) in [6.07, 6.45) is 2.93. The standard InChI is InChI=1S/C22H31N3O3/c1-14(2)20-24-21(28-25-20)18(15-8-10-26-11-9-15)23-13-17-7-5-6-16-12-22(3,4)27-19(16)17/h5-7,14-15,18,23H,8-13H2,1-4H3. The van der Waals surface area contributed by atoms with Crippen LogP contribution in [-0.2, 0) is 17.7 Å². The van der Waals surface area contributed by atoms with E-state index in [1.165, 1.54) is 11.1 Å². The fraction of sp³-hybridized carbons (Fsp3) is 0.636. The summed E-state index contributed by atoms with van der Waals surface area (Å²) in [5.41, 5.74) is 2.33. The molecule has 0 bridgehead atoms. The number of aromatic nitrogens is 2. The zero-order valence-corrected chi connectivity index (χ0v) is 17.3. The SMILES string of the molecule is CC(C)c1noc(C(NCc2cccc3c2OC(C)(C)C3)C2CCOCC2)n1. The number of ether oxygens (including phenoxy) is 2. The Bertz CT molecular complexity index is 809. The largest absolute Gasteiger partial charge is 0.487 e. The lowest BCUT2D eigenvalue weighted by Gasteiger charge is -2.29. The topological polar surface area (TPSA) is 69.4 Å². The number of para-hydroxylation sites is 1. The summed E-state index contributed by atoms with van der Waals surface area (Å²) in [6, 6.07) is 6.44. The van der Waals surface area contributed by atoms with Crippen molar-refractivity contribution in [3.05, 3.63) is 41.0 Å². The zero-order valence-electron chi connectivity index (χ0n) is 17.3. The molecule has 0 spiro atoms. The average Bonchev–Trinajstić information content (AvgIpc) is 3.26. The molecule has 28 heavy (non-hydrogen) atoms. The molecule has 3 heterocycles. The van der Waals surface area contributed by atoms with Crippen LogP contribution in [0.25, 0.3) is 0 Å². The lowest BCUT2D eigenvalue weighted by Crippen LogP contribution is -2.32. The minimum Gasteiger partial charge on any atom is -0.487 e. The Morgan fingerprint density at radius 2 is 2.00 bits per heavy atom. The van der Waals surface area contributed by atoms with E-state index < -0.39 is 0 Å². The number of nitrogens with zero attached hydrogens (tertiary/aromatic N) is 2. The van der Waals surface area contributed by atoms with Crippen LogP contribution in [0.1, 0.15) is 75.3 Å². The van der Waals surface area contributed by atoms with Gasteiger partial charge in [-0.1, -0.05) is 37.2 Å². The molecule has 6 nitrogen and oxygen atoms in total. The molecule has 0 saturated carbocycles. The summed E-state index contributed by atoms with van der Waals surface area (Å²) in [4.78, 5) is 4.68. The highest BCUT2D eigenvalue weighted by atomic mass is 16.5. The van der Waals surface area contributed by atoms with Crippen molar-refractivity contribution in [2.75, 3.05) is 13.2 Å². The summed E-state index contributed by atoms with van der Waals surface area (Å²) in [5, 5.41) is 7.88. The highest BCUT2D eigenvalue weighted by Crippen LogP contribution is 2.38. The summed E-state index contributed by atoms with van der Waals surface area (Å²) >= 11 is 0. The highest BCUT2D eigenvalue weighted by molar-refractivity contribution is 5.45. The molecule has 0 amide bonds. The number of benzene rings is 1. The minimum absolute atomic E-state index is 0.0224. The van der Waals surface area contributed by atoms with E-state index >= 15 is 0 Å². The fourth-order valence-corrected chi connectivity index (χ4v) is 4.15. The number of nitrogens with one attached hydrogen (secondary N) is 1. The molecule has 1 N–H and O–H groups in total. The molecule has 2 aliphatic heterocycles. The molecule has 152 valence electrons. The molecule has 6 heteroatoms. The normalized spacial score (nSPS) is 20.2. The molecule has 0 radical (unpaired) electrons. The van der Waals surface area contributed by atoms with Crippen LogP contribution >= 0.6 is 0 Å². The zero-order chi connectivity index (χ0) is 19.7. The summed E-state index contributed by atoms with van der Waals surface area (Å²) in [6.45, 7) is 10.7. The molecule has 1 fully saturated rings. The van der Waals surface area contributed by atoms with Crippen molar-refractivity contribution in [3.8, 4) is 5.75 Å². The monoisotopic (exact) mass is 385 g/mol. The van der Waals surface area contributed by atoms with Gasteiger partial charge in [0.1, 0.15) is 11.4 Å². The van der Waals surface area contributed by atoms with Gasteiger partial charge in [-0.2, -0.15) is 4.98 Å². The molecule has 1 aromatic carbocycles. The molecule has 4 rings (SSSR count). The van der Waals surface area contributed by atoms with Gasteiger partial charge in [-0.3, -0.25) is 0 Å². The van der Waals surface area contributed by atoms with Crippen LogP contribution in [0.4, 0.5) is 0 Å². The van der Waals surface area contributed by atoms with Crippen LogP contribution in [0.3, 0.4) is 0 Å². The molecule has 1 saturated heterocycles.